The van der Waals surface area contributed by atoms with Crippen LogP contribution in [-0.2, 0) is 32.7 Å². The molecule has 0 aliphatic rings. The molecule has 0 saturated carbocycles. The standard InChI is InChI=1S/C42H75O8P/c1-4-6-8-10-12-14-16-18-19-20-21-22-23-25-27-29-31-33-35-37-42(44)50-40(39-49-51(45,46)47-3)38-48-41(43)36-34-32-30-28-26-24-17-15-13-11-9-7-5-2/h9,11-12,14-15,17-19,40H,4-8,10,13,16,20-39H2,1-3H3,(H,45,46)/b11-9-,14-12-,17-15-,19-18-. The number of esters is 2. The number of rotatable bonds is 37. The monoisotopic (exact) mass is 739 g/mol. The third-order valence-corrected chi connectivity index (χ3v) is 9.46. The van der Waals surface area contributed by atoms with Crippen molar-refractivity contribution in [3.63, 3.8) is 0 Å². The summed E-state index contributed by atoms with van der Waals surface area (Å²) in [5.41, 5.74) is 0. The third-order valence-electron chi connectivity index (χ3n) is 8.53. The van der Waals surface area contributed by atoms with E-state index >= 15 is 0 Å². The number of allylic oxidation sites excluding steroid dienone is 8. The van der Waals surface area contributed by atoms with Gasteiger partial charge in [0.1, 0.15) is 6.61 Å². The Morgan fingerprint density at radius 1 is 0.549 bits per heavy atom. The van der Waals surface area contributed by atoms with Crippen molar-refractivity contribution in [2.75, 3.05) is 20.3 Å². The average molecular weight is 739 g/mol. The van der Waals surface area contributed by atoms with Gasteiger partial charge >= 0.3 is 19.8 Å². The number of hydrogen-bond donors (Lipinski definition) is 1. The van der Waals surface area contributed by atoms with Gasteiger partial charge in [-0.1, -0.05) is 146 Å². The predicted molar refractivity (Wildman–Crippen MR) is 212 cm³/mol. The summed E-state index contributed by atoms with van der Waals surface area (Å²) in [6.07, 6.45) is 44.4. The number of ether oxygens (including phenoxy) is 2. The van der Waals surface area contributed by atoms with Gasteiger partial charge in [-0.25, -0.2) is 4.57 Å². The second-order valence-electron chi connectivity index (χ2n) is 13.4. The highest BCUT2D eigenvalue weighted by molar-refractivity contribution is 7.47. The topological polar surface area (TPSA) is 108 Å². The summed E-state index contributed by atoms with van der Waals surface area (Å²) in [7, 11) is -3.21. The van der Waals surface area contributed by atoms with E-state index in [-0.39, 0.29) is 25.4 Å². The largest absolute Gasteiger partial charge is 0.472 e. The lowest BCUT2D eigenvalue weighted by Gasteiger charge is -2.19. The van der Waals surface area contributed by atoms with E-state index in [9.17, 15) is 19.0 Å². The molecular weight excluding hydrogens is 663 g/mol. The molecule has 0 aliphatic carbocycles. The fourth-order valence-electron chi connectivity index (χ4n) is 5.37. The van der Waals surface area contributed by atoms with E-state index in [1.807, 2.05) is 0 Å². The summed E-state index contributed by atoms with van der Waals surface area (Å²) in [4.78, 5) is 34.4. The molecule has 8 nitrogen and oxygen atoms in total. The lowest BCUT2D eigenvalue weighted by molar-refractivity contribution is -0.161. The van der Waals surface area contributed by atoms with Crippen LogP contribution >= 0.6 is 7.82 Å². The molecule has 0 aliphatic heterocycles. The van der Waals surface area contributed by atoms with Gasteiger partial charge in [-0.3, -0.25) is 18.6 Å². The van der Waals surface area contributed by atoms with E-state index in [4.69, 9.17) is 14.0 Å². The van der Waals surface area contributed by atoms with Crippen molar-refractivity contribution in [3.8, 4) is 0 Å². The van der Waals surface area contributed by atoms with E-state index in [1.54, 1.807) is 0 Å². The maximum Gasteiger partial charge on any atom is 0.472 e. The van der Waals surface area contributed by atoms with Crippen LogP contribution in [0.1, 0.15) is 181 Å². The molecule has 296 valence electrons. The number of unbranched alkanes of at least 4 members (excludes halogenated alkanes) is 18. The SMILES string of the molecule is CCC/C=C\C/C=C\CCCCCCCC(=O)OCC(COP(=O)(O)OC)OC(=O)CCCCCCCCCCC/C=C\C/C=C\CCCCC. The zero-order valence-corrected chi connectivity index (χ0v) is 33.6. The Hall–Kier alpha value is -1.99. The molecule has 0 fully saturated rings. The fraction of sp³-hybridized carbons (Fsp3) is 0.762. The lowest BCUT2D eigenvalue weighted by atomic mass is 10.1. The zero-order chi connectivity index (χ0) is 37.5. The molecule has 0 bridgehead atoms. The molecule has 9 heteroatoms. The van der Waals surface area contributed by atoms with Crippen LogP contribution in [0.5, 0.6) is 0 Å². The van der Waals surface area contributed by atoms with E-state index in [0.29, 0.717) is 6.42 Å². The van der Waals surface area contributed by atoms with E-state index < -0.39 is 26.5 Å². The number of carbonyl (C=O) groups excluding carboxylic acids is 2. The van der Waals surface area contributed by atoms with Crippen LogP contribution in [0.4, 0.5) is 0 Å². The first-order chi connectivity index (χ1) is 24.8. The fourth-order valence-corrected chi connectivity index (χ4v) is 5.83. The van der Waals surface area contributed by atoms with Gasteiger partial charge in [0.15, 0.2) is 6.10 Å². The molecule has 51 heavy (non-hydrogen) atoms. The summed E-state index contributed by atoms with van der Waals surface area (Å²) in [6.45, 7) is 3.78. The van der Waals surface area contributed by atoms with E-state index in [1.165, 1.54) is 64.2 Å². The average Bonchev–Trinajstić information content (AvgIpc) is 3.12. The molecule has 0 saturated heterocycles. The molecule has 0 spiro atoms. The molecule has 0 aromatic heterocycles. The van der Waals surface area contributed by atoms with Crippen LogP contribution in [0.15, 0.2) is 48.6 Å². The highest BCUT2D eigenvalue weighted by atomic mass is 31.2. The summed E-state index contributed by atoms with van der Waals surface area (Å²) in [5.74, 6) is -0.827. The minimum absolute atomic E-state index is 0.235. The molecular formula is C42H75O8P. The van der Waals surface area contributed by atoms with Crippen molar-refractivity contribution < 1.29 is 37.6 Å². The maximum atomic E-state index is 12.5. The molecule has 0 radical (unpaired) electrons. The van der Waals surface area contributed by atoms with Crippen LogP contribution in [0.3, 0.4) is 0 Å². The summed E-state index contributed by atoms with van der Waals surface area (Å²) in [6, 6.07) is 0. The Labute approximate surface area is 312 Å². The Balaban J connectivity index is 4.03. The van der Waals surface area contributed by atoms with Gasteiger partial charge in [-0.05, 0) is 70.6 Å². The number of phosphoric acid groups is 1. The minimum Gasteiger partial charge on any atom is -0.462 e. The van der Waals surface area contributed by atoms with Gasteiger partial charge in [-0.15, -0.1) is 0 Å². The number of phosphoric ester groups is 1. The minimum atomic E-state index is -4.26. The first-order valence-corrected chi connectivity index (χ1v) is 21.8. The number of carbonyl (C=O) groups is 2. The molecule has 2 unspecified atom stereocenters. The molecule has 0 amide bonds. The first kappa shape index (κ1) is 49.0. The van der Waals surface area contributed by atoms with Crippen LogP contribution in [-0.4, -0.2) is 43.3 Å². The van der Waals surface area contributed by atoms with Crippen LogP contribution in [0.2, 0.25) is 0 Å². The molecule has 0 rings (SSSR count). The Bertz CT molecular complexity index is 974. The van der Waals surface area contributed by atoms with Gasteiger partial charge < -0.3 is 14.4 Å². The van der Waals surface area contributed by atoms with Gasteiger partial charge in [0, 0.05) is 20.0 Å². The lowest BCUT2D eigenvalue weighted by Crippen LogP contribution is -2.29. The Morgan fingerprint density at radius 3 is 1.45 bits per heavy atom. The third kappa shape index (κ3) is 37.6. The van der Waals surface area contributed by atoms with Crippen molar-refractivity contribution in [3.05, 3.63) is 48.6 Å². The highest BCUT2D eigenvalue weighted by Gasteiger charge is 2.24. The smallest absolute Gasteiger partial charge is 0.462 e. The van der Waals surface area contributed by atoms with Gasteiger partial charge in [0.05, 0.1) is 6.61 Å². The molecule has 0 heterocycles. The van der Waals surface area contributed by atoms with Crippen molar-refractivity contribution in [2.24, 2.45) is 0 Å². The molecule has 0 aromatic rings. The zero-order valence-electron chi connectivity index (χ0n) is 32.7. The first-order valence-electron chi connectivity index (χ1n) is 20.3. The van der Waals surface area contributed by atoms with Crippen LogP contribution in [0, 0.1) is 0 Å². The van der Waals surface area contributed by atoms with Gasteiger partial charge in [0.2, 0.25) is 0 Å². The van der Waals surface area contributed by atoms with Crippen molar-refractivity contribution in [1.82, 2.24) is 0 Å². The van der Waals surface area contributed by atoms with Crippen LogP contribution < -0.4 is 0 Å². The van der Waals surface area contributed by atoms with Crippen molar-refractivity contribution in [1.29, 1.82) is 0 Å². The highest BCUT2D eigenvalue weighted by Crippen LogP contribution is 2.42. The van der Waals surface area contributed by atoms with Gasteiger partial charge in [0.25, 0.3) is 0 Å². The quantitative estimate of drug-likeness (QED) is 0.0290. The second kappa shape index (κ2) is 37.8. The maximum absolute atomic E-state index is 12.5. The molecule has 1 N–H and O–H groups in total. The summed E-state index contributed by atoms with van der Waals surface area (Å²) < 4.78 is 31.9. The van der Waals surface area contributed by atoms with Crippen molar-refractivity contribution >= 4 is 19.8 Å². The van der Waals surface area contributed by atoms with Gasteiger partial charge in [-0.2, -0.15) is 0 Å². The number of hydrogen-bond acceptors (Lipinski definition) is 7. The van der Waals surface area contributed by atoms with E-state index in [0.717, 1.165) is 90.6 Å². The Morgan fingerprint density at radius 2 is 0.980 bits per heavy atom. The van der Waals surface area contributed by atoms with Crippen LogP contribution in [0.25, 0.3) is 0 Å². The predicted octanol–water partition coefficient (Wildman–Crippen LogP) is 12.6. The van der Waals surface area contributed by atoms with Crippen molar-refractivity contribution in [2.45, 2.75) is 187 Å². The second-order valence-corrected chi connectivity index (χ2v) is 15.0. The Kier molecular flexibility index (Phi) is 36.3. The summed E-state index contributed by atoms with van der Waals surface area (Å²) >= 11 is 0. The molecule has 0 aromatic carbocycles. The normalized spacial score (nSPS) is 13.9. The summed E-state index contributed by atoms with van der Waals surface area (Å²) in [5, 5.41) is 0. The van der Waals surface area contributed by atoms with E-state index in [2.05, 4.69) is 67.0 Å². The molecule has 2 atom stereocenters.